The van der Waals surface area contributed by atoms with E-state index in [4.69, 9.17) is 16.3 Å². The Kier molecular flexibility index (Phi) is 4.92. The molecule has 0 radical (unpaired) electrons. The third kappa shape index (κ3) is 4.18. The van der Waals surface area contributed by atoms with E-state index >= 15 is 0 Å². The van der Waals surface area contributed by atoms with Gasteiger partial charge in [0.15, 0.2) is 0 Å². The van der Waals surface area contributed by atoms with Crippen molar-refractivity contribution in [3.63, 3.8) is 0 Å². The summed E-state index contributed by atoms with van der Waals surface area (Å²) in [7, 11) is -2.37. The van der Waals surface area contributed by atoms with Crippen molar-refractivity contribution in [1.82, 2.24) is 0 Å². The van der Waals surface area contributed by atoms with Gasteiger partial charge in [-0.1, -0.05) is 44.5 Å². The molecule has 23 heavy (non-hydrogen) atoms. The summed E-state index contributed by atoms with van der Waals surface area (Å²) in [5, 5.41) is 0.328. The molecule has 0 aliphatic rings. The summed E-state index contributed by atoms with van der Waals surface area (Å²) < 4.78 is 32.8. The second-order valence-electron chi connectivity index (χ2n) is 6.23. The largest absolute Gasteiger partial charge is 0.495 e. The molecule has 0 heterocycles. The number of methoxy groups -OCH3 is 1. The molecule has 0 amide bonds. The molecule has 0 aliphatic heterocycles. The molecule has 1 N–H and O–H groups in total. The van der Waals surface area contributed by atoms with Crippen molar-refractivity contribution in [2.75, 3.05) is 11.8 Å². The van der Waals surface area contributed by atoms with Gasteiger partial charge in [0.25, 0.3) is 10.0 Å². The highest BCUT2D eigenvalue weighted by Crippen LogP contribution is 2.29. The molecular weight excluding hydrogens is 334 g/mol. The monoisotopic (exact) mass is 353 g/mol. The lowest BCUT2D eigenvalue weighted by Crippen LogP contribution is -2.15. The predicted molar refractivity (Wildman–Crippen MR) is 94.0 cm³/mol. The molecule has 6 heteroatoms. The van der Waals surface area contributed by atoms with E-state index in [0.29, 0.717) is 10.7 Å². The Morgan fingerprint density at radius 2 is 1.65 bits per heavy atom. The Labute approximate surface area is 142 Å². The molecule has 0 fully saturated rings. The van der Waals surface area contributed by atoms with E-state index in [-0.39, 0.29) is 16.1 Å². The molecule has 0 bridgehead atoms. The van der Waals surface area contributed by atoms with Crippen LogP contribution in [0.5, 0.6) is 5.75 Å². The second-order valence-corrected chi connectivity index (χ2v) is 8.32. The van der Waals surface area contributed by atoms with Crippen molar-refractivity contribution in [3.05, 3.63) is 53.1 Å². The van der Waals surface area contributed by atoms with Crippen molar-refractivity contribution >= 4 is 27.3 Å². The Hall–Kier alpha value is -1.72. The minimum Gasteiger partial charge on any atom is -0.495 e. The van der Waals surface area contributed by atoms with Crippen LogP contribution in [0.2, 0.25) is 5.02 Å². The molecule has 2 aromatic carbocycles. The first-order valence-electron chi connectivity index (χ1n) is 7.10. The lowest BCUT2D eigenvalue weighted by Gasteiger charge is -2.19. The van der Waals surface area contributed by atoms with Gasteiger partial charge in [-0.15, -0.1) is 0 Å². The number of nitrogens with one attached hydrogen (secondary N) is 1. The number of ether oxygens (including phenoxy) is 1. The fourth-order valence-corrected chi connectivity index (χ4v) is 3.60. The summed E-state index contributed by atoms with van der Waals surface area (Å²) in [6.45, 7) is 6.30. The molecule has 0 saturated carbocycles. The summed E-state index contributed by atoms with van der Waals surface area (Å²) in [6.07, 6.45) is 0. The average molecular weight is 354 g/mol. The predicted octanol–water partition coefficient (Wildman–Crippen LogP) is 4.45. The highest BCUT2D eigenvalue weighted by Gasteiger charge is 2.20. The Morgan fingerprint density at radius 3 is 2.17 bits per heavy atom. The Bertz CT molecular complexity index is 794. The summed E-state index contributed by atoms with van der Waals surface area (Å²) in [5.74, 6) is 0.244. The molecule has 0 saturated heterocycles. The maximum absolute atomic E-state index is 12.6. The highest BCUT2D eigenvalue weighted by molar-refractivity contribution is 7.92. The summed E-state index contributed by atoms with van der Waals surface area (Å²) >= 11 is 5.91. The van der Waals surface area contributed by atoms with Crippen LogP contribution in [-0.2, 0) is 15.4 Å². The van der Waals surface area contributed by atoms with E-state index in [9.17, 15) is 8.42 Å². The van der Waals surface area contributed by atoms with Gasteiger partial charge < -0.3 is 4.74 Å². The average Bonchev–Trinajstić information content (AvgIpc) is 2.46. The summed E-state index contributed by atoms with van der Waals surface area (Å²) in [5.41, 5.74) is 1.62. The van der Waals surface area contributed by atoms with Crippen LogP contribution in [0.25, 0.3) is 0 Å². The van der Waals surface area contributed by atoms with Gasteiger partial charge in [-0.3, -0.25) is 4.72 Å². The minimum absolute atomic E-state index is 0.00685. The summed E-state index contributed by atoms with van der Waals surface area (Å²) in [4.78, 5) is 0.00685. The van der Waals surface area contributed by atoms with Gasteiger partial charge in [0, 0.05) is 10.7 Å². The number of sulfonamides is 1. The van der Waals surface area contributed by atoms with E-state index in [0.717, 1.165) is 5.56 Å². The van der Waals surface area contributed by atoms with Crippen molar-refractivity contribution in [2.45, 2.75) is 31.1 Å². The van der Waals surface area contributed by atoms with Gasteiger partial charge in [0.05, 0.1) is 7.11 Å². The molecule has 0 unspecified atom stereocenters. The first-order valence-corrected chi connectivity index (χ1v) is 8.96. The molecule has 2 rings (SSSR count). The number of benzene rings is 2. The zero-order valence-corrected chi connectivity index (χ0v) is 15.1. The van der Waals surface area contributed by atoms with Crippen LogP contribution in [0.4, 0.5) is 5.69 Å². The van der Waals surface area contributed by atoms with Crippen LogP contribution in [0.15, 0.2) is 47.4 Å². The summed E-state index contributed by atoms with van der Waals surface area (Å²) in [6, 6.07) is 11.8. The highest BCUT2D eigenvalue weighted by atomic mass is 35.5. The number of hydrogen-bond donors (Lipinski definition) is 1. The molecule has 0 aliphatic carbocycles. The number of anilines is 1. The van der Waals surface area contributed by atoms with Gasteiger partial charge in [-0.2, -0.15) is 0 Å². The standard InChI is InChI=1S/C17H20ClNO3S/c1-17(2,3)12-5-8-14(9-6-12)19-23(20,21)16-11-13(18)7-10-15(16)22-4/h5-11,19H,1-4H3. The van der Waals surface area contributed by atoms with Gasteiger partial charge in [0.1, 0.15) is 10.6 Å². The molecular formula is C17H20ClNO3S. The van der Waals surface area contributed by atoms with Crippen LogP contribution in [0.1, 0.15) is 26.3 Å². The fraction of sp³-hybridized carbons (Fsp3) is 0.294. The minimum atomic E-state index is -3.79. The molecule has 4 nitrogen and oxygen atoms in total. The Morgan fingerprint density at radius 1 is 1.04 bits per heavy atom. The smallest absolute Gasteiger partial charge is 0.265 e. The Balaban J connectivity index is 2.34. The second kappa shape index (κ2) is 6.42. The van der Waals surface area contributed by atoms with Crippen molar-refractivity contribution < 1.29 is 13.2 Å². The van der Waals surface area contributed by atoms with E-state index < -0.39 is 10.0 Å². The van der Waals surface area contributed by atoms with Gasteiger partial charge in [-0.05, 0) is 41.3 Å². The van der Waals surface area contributed by atoms with E-state index in [1.54, 1.807) is 18.2 Å². The number of rotatable bonds is 4. The lowest BCUT2D eigenvalue weighted by molar-refractivity contribution is 0.403. The fourth-order valence-electron chi connectivity index (χ4n) is 2.11. The van der Waals surface area contributed by atoms with E-state index in [1.165, 1.54) is 19.2 Å². The lowest BCUT2D eigenvalue weighted by atomic mass is 9.87. The van der Waals surface area contributed by atoms with Gasteiger partial charge >= 0.3 is 0 Å². The maximum Gasteiger partial charge on any atom is 0.265 e. The quantitative estimate of drug-likeness (QED) is 0.883. The topological polar surface area (TPSA) is 55.4 Å². The number of hydrogen-bond acceptors (Lipinski definition) is 3. The normalized spacial score (nSPS) is 12.0. The number of halogens is 1. The third-order valence-corrected chi connectivity index (χ3v) is 5.06. The van der Waals surface area contributed by atoms with Crippen LogP contribution < -0.4 is 9.46 Å². The SMILES string of the molecule is COc1ccc(Cl)cc1S(=O)(=O)Nc1ccc(C(C)(C)C)cc1. The van der Waals surface area contributed by atoms with Gasteiger partial charge in [0.2, 0.25) is 0 Å². The molecule has 0 atom stereocenters. The van der Waals surface area contributed by atoms with E-state index in [1.807, 2.05) is 12.1 Å². The maximum atomic E-state index is 12.6. The van der Waals surface area contributed by atoms with Crippen molar-refractivity contribution in [3.8, 4) is 5.75 Å². The van der Waals surface area contributed by atoms with E-state index in [2.05, 4.69) is 25.5 Å². The molecule has 0 spiro atoms. The molecule has 0 aromatic heterocycles. The van der Waals surface area contributed by atoms with Crippen LogP contribution in [0, 0.1) is 0 Å². The first-order chi connectivity index (χ1) is 10.6. The zero-order chi connectivity index (χ0) is 17.3. The van der Waals surface area contributed by atoms with Crippen LogP contribution in [-0.4, -0.2) is 15.5 Å². The van der Waals surface area contributed by atoms with Crippen LogP contribution in [0.3, 0.4) is 0 Å². The zero-order valence-electron chi connectivity index (χ0n) is 13.6. The van der Waals surface area contributed by atoms with Gasteiger partial charge in [-0.25, -0.2) is 8.42 Å². The molecule has 2 aromatic rings. The van der Waals surface area contributed by atoms with Crippen molar-refractivity contribution in [2.24, 2.45) is 0 Å². The van der Waals surface area contributed by atoms with Crippen molar-refractivity contribution in [1.29, 1.82) is 0 Å². The van der Waals surface area contributed by atoms with Crippen LogP contribution >= 0.6 is 11.6 Å². The molecule has 124 valence electrons. The third-order valence-electron chi connectivity index (χ3n) is 3.42. The first kappa shape index (κ1) is 17.6.